The number of carbonyl (C=O) groups is 1. The Kier molecular flexibility index (Phi) is 5.39. The van der Waals surface area contributed by atoms with Crippen molar-refractivity contribution >= 4 is 61.9 Å². The van der Waals surface area contributed by atoms with Crippen molar-refractivity contribution in [3.05, 3.63) is 52.5 Å². The summed E-state index contributed by atoms with van der Waals surface area (Å²) in [4.78, 5) is 14.0. The standard InChI is InChI=1S/C17H16ClN5O3S2/c1-9-6-10(18)7-13-14(16(24)23(2)15(9)13)21-22-17(27)20-11-4-3-5-12(8-11)28(19,25)26/h3-8H,1-2H3,(H2,19,25,26)(H2,20,22,27). The molecule has 2 aromatic rings. The van der Waals surface area contributed by atoms with Gasteiger partial charge in [-0.25, -0.2) is 13.6 Å². The van der Waals surface area contributed by atoms with Gasteiger partial charge in [0.1, 0.15) is 0 Å². The van der Waals surface area contributed by atoms with Gasteiger partial charge in [-0.1, -0.05) is 17.7 Å². The summed E-state index contributed by atoms with van der Waals surface area (Å²) < 4.78 is 22.9. The van der Waals surface area contributed by atoms with Crippen molar-refractivity contribution in [2.45, 2.75) is 11.8 Å². The summed E-state index contributed by atoms with van der Waals surface area (Å²) in [6.07, 6.45) is 0. The summed E-state index contributed by atoms with van der Waals surface area (Å²) in [6.45, 7) is 1.86. The first kappa shape index (κ1) is 20.2. The molecule has 0 saturated carbocycles. The quantitative estimate of drug-likeness (QED) is 0.499. The molecule has 1 heterocycles. The van der Waals surface area contributed by atoms with Crippen LogP contribution in [0.3, 0.4) is 0 Å². The first-order valence-corrected chi connectivity index (χ1v) is 10.3. The Labute approximate surface area is 172 Å². The third-order valence-electron chi connectivity index (χ3n) is 4.05. The SMILES string of the molecule is Cc1cc(Cl)cc2c1N(C)C(=O)C2=NNC(=S)Nc1cccc(S(N)(=O)=O)c1. The molecule has 4 N–H and O–H groups in total. The number of hydrogen-bond donors (Lipinski definition) is 3. The van der Waals surface area contributed by atoms with E-state index >= 15 is 0 Å². The van der Waals surface area contributed by atoms with Gasteiger partial charge in [0, 0.05) is 23.3 Å². The number of nitrogens with two attached hydrogens (primary N) is 1. The number of carbonyl (C=O) groups excluding carboxylic acids is 1. The minimum Gasteiger partial charge on any atom is -0.331 e. The zero-order valence-electron chi connectivity index (χ0n) is 14.9. The molecular formula is C17H16ClN5O3S2. The summed E-state index contributed by atoms with van der Waals surface area (Å²) in [6, 6.07) is 9.27. The van der Waals surface area contributed by atoms with E-state index in [0.29, 0.717) is 16.3 Å². The highest BCUT2D eigenvalue weighted by molar-refractivity contribution is 7.89. The average molecular weight is 438 g/mol. The van der Waals surface area contributed by atoms with Crippen molar-refractivity contribution in [3.63, 3.8) is 0 Å². The molecule has 146 valence electrons. The highest BCUT2D eigenvalue weighted by Gasteiger charge is 2.33. The van der Waals surface area contributed by atoms with Gasteiger partial charge in [0.05, 0.1) is 10.6 Å². The molecule has 0 radical (unpaired) electrons. The number of primary sulfonamides is 1. The lowest BCUT2D eigenvalue weighted by molar-refractivity contribution is -0.112. The molecule has 0 unspecified atom stereocenters. The summed E-state index contributed by atoms with van der Waals surface area (Å²) in [5.41, 5.74) is 5.36. The molecule has 2 aromatic carbocycles. The van der Waals surface area contributed by atoms with E-state index in [0.717, 1.165) is 11.3 Å². The number of fused-ring (bicyclic) bond motifs is 1. The normalized spacial score (nSPS) is 14.9. The van der Waals surface area contributed by atoms with Gasteiger partial charge in [-0.2, -0.15) is 5.10 Å². The van der Waals surface area contributed by atoms with Gasteiger partial charge in [-0.3, -0.25) is 10.2 Å². The molecule has 11 heteroatoms. The molecule has 0 bridgehead atoms. The third-order valence-corrected chi connectivity index (χ3v) is 5.38. The van der Waals surface area contributed by atoms with Gasteiger partial charge in [0.2, 0.25) is 10.0 Å². The Hall–Kier alpha value is -2.53. The number of nitrogens with one attached hydrogen (secondary N) is 2. The van der Waals surface area contributed by atoms with Gasteiger partial charge in [0.15, 0.2) is 10.8 Å². The van der Waals surface area contributed by atoms with Crippen LogP contribution in [0.25, 0.3) is 0 Å². The van der Waals surface area contributed by atoms with Crippen LogP contribution in [0.5, 0.6) is 0 Å². The van der Waals surface area contributed by atoms with Crippen LogP contribution in [0, 0.1) is 6.92 Å². The number of aryl methyl sites for hydroxylation is 1. The van der Waals surface area contributed by atoms with Crippen LogP contribution in [-0.4, -0.2) is 32.2 Å². The molecule has 0 aromatic heterocycles. The number of likely N-dealkylation sites (N-methyl/N-ethyl adjacent to an activating group) is 1. The number of nitrogens with zero attached hydrogens (tertiary/aromatic N) is 2. The molecule has 0 saturated heterocycles. The summed E-state index contributed by atoms with van der Waals surface area (Å²) in [5, 5.41) is 12.6. The van der Waals surface area contributed by atoms with E-state index in [9.17, 15) is 13.2 Å². The molecule has 28 heavy (non-hydrogen) atoms. The lowest BCUT2D eigenvalue weighted by atomic mass is 10.1. The number of halogens is 1. The lowest BCUT2D eigenvalue weighted by Gasteiger charge is -2.11. The number of amides is 1. The number of hydrogen-bond acceptors (Lipinski definition) is 5. The van der Waals surface area contributed by atoms with Crippen LogP contribution in [0.4, 0.5) is 11.4 Å². The Morgan fingerprint density at radius 2 is 2.00 bits per heavy atom. The van der Waals surface area contributed by atoms with Crippen LogP contribution in [0.15, 0.2) is 46.4 Å². The second kappa shape index (κ2) is 7.47. The highest BCUT2D eigenvalue weighted by Crippen LogP contribution is 2.34. The van der Waals surface area contributed by atoms with E-state index in [1.165, 1.54) is 23.1 Å². The number of rotatable bonds is 3. The molecule has 8 nitrogen and oxygen atoms in total. The van der Waals surface area contributed by atoms with Crippen molar-refractivity contribution in [2.75, 3.05) is 17.3 Å². The fourth-order valence-corrected chi connectivity index (χ4v) is 3.86. The van der Waals surface area contributed by atoms with Crippen molar-refractivity contribution in [3.8, 4) is 0 Å². The molecular weight excluding hydrogens is 422 g/mol. The fraction of sp³-hybridized carbons (Fsp3) is 0.118. The van der Waals surface area contributed by atoms with Gasteiger partial charge >= 0.3 is 0 Å². The van der Waals surface area contributed by atoms with Crippen LogP contribution < -0.4 is 20.8 Å². The Morgan fingerprint density at radius 1 is 1.29 bits per heavy atom. The van der Waals surface area contributed by atoms with Crippen molar-refractivity contribution < 1.29 is 13.2 Å². The number of sulfonamides is 1. The van der Waals surface area contributed by atoms with Gasteiger partial charge in [0.25, 0.3) is 5.91 Å². The fourth-order valence-electron chi connectivity index (χ4n) is 2.86. The molecule has 0 fully saturated rings. The van der Waals surface area contributed by atoms with E-state index in [-0.39, 0.29) is 21.6 Å². The highest BCUT2D eigenvalue weighted by atomic mass is 35.5. The predicted octanol–water partition coefficient (Wildman–Crippen LogP) is 1.96. The topological polar surface area (TPSA) is 117 Å². The maximum Gasteiger partial charge on any atom is 0.279 e. The maximum absolute atomic E-state index is 12.5. The lowest BCUT2D eigenvalue weighted by Crippen LogP contribution is -2.30. The Morgan fingerprint density at radius 3 is 2.68 bits per heavy atom. The first-order chi connectivity index (χ1) is 13.1. The van der Waals surface area contributed by atoms with Crippen LogP contribution >= 0.6 is 23.8 Å². The van der Waals surface area contributed by atoms with Gasteiger partial charge < -0.3 is 10.2 Å². The average Bonchev–Trinajstić information content (AvgIpc) is 2.83. The number of benzene rings is 2. The third kappa shape index (κ3) is 3.99. The molecule has 0 atom stereocenters. The molecule has 0 spiro atoms. The van der Waals surface area contributed by atoms with E-state index in [4.69, 9.17) is 29.0 Å². The van der Waals surface area contributed by atoms with E-state index in [1.54, 1.807) is 25.2 Å². The number of anilines is 2. The molecule has 1 aliphatic heterocycles. The van der Waals surface area contributed by atoms with Crippen LogP contribution in [-0.2, 0) is 14.8 Å². The second-order valence-corrected chi connectivity index (χ2v) is 8.49. The Balaban J connectivity index is 1.82. The minimum atomic E-state index is -3.84. The number of thiocarbonyl (C=S) groups is 1. The van der Waals surface area contributed by atoms with Crippen LogP contribution in [0.1, 0.15) is 11.1 Å². The smallest absolute Gasteiger partial charge is 0.279 e. The zero-order valence-corrected chi connectivity index (χ0v) is 17.2. The summed E-state index contributed by atoms with van der Waals surface area (Å²) >= 11 is 11.3. The van der Waals surface area contributed by atoms with E-state index < -0.39 is 10.0 Å². The summed E-state index contributed by atoms with van der Waals surface area (Å²) in [7, 11) is -2.18. The monoisotopic (exact) mass is 437 g/mol. The van der Waals surface area contributed by atoms with E-state index in [1.807, 2.05) is 6.92 Å². The zero-order chi connectivity index (χ0) is 20.6. The maximum atomic E-state index is 12.5. The van der Waals surface area contributed by atoms with Crippen molar-refractivity contribution in [1.29, 1.82) is 0 Å². The first-order valence-electron chi connectivity index (χ1n) is 7.94. The number of hydrazone groups is 1. The largest absolute Gasteiger partial charge is 0.331 e. The van der Waals surface area contributed by atoms with Crippen molar-refractivity contribution in [1.82, 2.24) is 5.43 Å². The molecule has 1 amide bonds. The predicted molar refractivity (Wildman–Crippen MR) is 113 cm³/mol. The molecule has 3 rings (SSSR count). The summed E-state index contributed by atoms with van der Waals surface area (Å²) in [5.74, 6) is -0.299. The molecule has 1 aliphatic rings. The van der Waals surface area contributed by atoms with Gasteiger partial charge in [-0.15, -0.1) is 0 Å². The molecule has 0 aliphatic carbocycles. The Bertz CT molecular complexity index is 1130. The minimum absolute atomic E-state index is 0.0572. The van der Waals surface area contributed by atoms with Crippen molar-refractivity contribution in [2.24, 2.45) is 10.2 Å². The van der Waals surface area contributed by atoms with E-state index in [2.05, 4.69) is 15.8 Å². The van der Waals surface area contributed by atoms with Crippen LogP contribution in [0.2, 0.25) is 5.02 Å². The van der Waals surface area contributed by atoms with Gasteiger partial charge in [-0.05, 0) is 55.0 Å². The second-order valence-electron chi connectivity index (χ2n) is 6.08.